The van der Waals surface area contributed by atoms with Crippen molar-refractivity contribution in [1.29, 1.82) is 5.26 Å². The lowest BCUT2D eigenvalue weighted by Gasteiger charge is -2.11. The summed E-state index contributed by atoms with van der Waals surface area (Å²) in [6, 6.07) is 1.72. The van der Waals surface area contributed by atoms with Gasteiger partial charge in [0.15, 0.2) is 10.1 Å². The molecule has 18 heavy (non-hydrogen) atoms. The van der Waals surface area contributed by atoms with Crippen LogP contribution in [0.15, 0.2) is 5.38 Å². The minimum absolute atomic E-state index is 0.376. The second kappa shape index (κ2) is 5.67. The van der Waals surface area contributed by atoms with E-state index in [1.165, 1.54) is 11.3 Å². The minimum atomic E-state index is -0.490. The van der Waals surface area contributed by atoms with Gasteiger partial charge in [-0.25, -0.2) is 4.98 Å². The molecule has 0 aliphatic heterocycles. The molecule has 2 rings (SSSR count). The molecular formula is C11H13ClN4OS. The molecule has 5 nitrogen and oxygen atoms in total. The maximum atomic E-state index is 9.26. The quantitative estimate of drug-likeness (QED) is 0.855. The number of halogens is 1. The van der Waals surface area contributed by atoms with Gasteiger partial charge in [0.1, 0.15) is 6.04 Å². The van der Waals surface area contributed by atoms with Gasteiger partial charge in [-0.2, -0.15) is 5.26 Å². The molecule has 0 radical (unpaired) electrons. The Morgan fingerprint density at radius 2 is 2.50 bits per heavy atom. The molecule has 1 N–H and O–H groups in total. The fraction of sp³-hybridized carbons (Fsp3) is 0.455. The third-order valence-corrected chi connectivity index (χ3v) is 3.80. The first kappa shape index (κ1) is 13.3. The van der Waals surface area contributed by atoms with Crippen molar-refractivity contribution >= 4 is 27.9 Å². The van der Waals surface area contributed by atoms with E-state index in [4.69, 9.17) is 16.3 Å². The summed E-state index contributed by atoms with van der Waals surface area (Å²) in [6.45, 7) is 3.09. The molecule has 0 amide bonds. The molecule has 0 bridgehead atoms. The first-order chi connectivity index (χ1) is 8.69. The van der Waals surface area contributed by atoms with Crippen LogP contribution >= 0.6 is 22.9 Å². The number of methoxy groups -OCH3 is 1. The first-order valence-electron chi connectivity index (χ1n) is 5.43. The highest BCUT2D eigenvalue weighted by Gasteiger charge is 2.21. The Labute approximate surface area is 114 Å². The predicted molar refractivity (Wildman–Crippen MR) is 71.0 cm³/mol. The van der Waals surface area contributed by atoms with Crippen LogP contribution in [0.4, 0.5) is 0 Å². The standard InChI is InChI=1S/C11H13ClN4OS/c1-7-6-18-11-15-10(12)9(16(7)11)8(5-13)14-3-4-17-2/h6,8,14H,3-4H2,1-2H3. The van der Waals surface area contributed by atoms with Crippen LogP contribution in [0.3, 0.4) is 0 Å². The largest absolute Gasteiger partial charge is 0.383 e. The van der Waals surface area contributed by atoms with E-state index >= 15 is 0 Å². The minimum Gasteiger partial charge on any atom is -0.383 e. The van der Waals surface area contributed by atoms with E-state index in [1.54, 1.807) is 7.11 Å². The van der Waals surface area contributed by atoms with Crippen LogP contribution in [0.5, 0.6) is 0 Å². The van der Waals surface area contributed by atoms with Crippen molar-refractivity contribution < 1.29 is 4.74 Å². The number of fused-ring (bicyclic) bond motifs is 1. The van der Waals surface area contributed by atoms with Gasteiger partial charge in [-0.3, -0.25) is 9.72 Å². The number of nitriles is 1. The van der Waals surface area contributed by atoms with Crippen molar-refractivity contribution in [1.82, 2.24) is 14.7 Å². The molecule has 2 heterocycles. The van der Waals surface area contributed by atoms with Crippen LogP contribution in [0.1, 0.15) is 17.4 Å². The summed E-state index contributed by atoms with van der Waals surface area (Å²) in [5.41, 5.74) is 1.72. The Hall–Kier alpha value is -1.13. The van der Waals surface area contributed by atoms with E-state index in [0.29, 0.717) is 24.0 Å². The van der Waals surface area contributed by atoms with Gasteiger partial charge >= 0.3 is 0 Å². The van der Waals surface area contributed by atoms with E-state index in [1.807, 2.05) is 16.7 Å². The second-order valence-electron chi connectivity index (χ2n) is 3.79. The van der Waals surface area contributed by atoms with Crippen LogP contribution in [0, 0.1) is 18.3 Å². The highest BCUT2D eigenvalue weighted by molar-refractivity contribution is 7.15. The van der Waals surface area contributed by atoms with E-state index in [2.05, 4.69) is 16.4 Å². The number of thiazole rings is 1. The zero-order valence-corrected chi connectivity index (χ0v) is 11.7. The number of hydrogen-bond donors (Lipinski definition) is 1. The molecule has 0 spiro atoms. The summed E-state index contributed by atoms with van der Waals surface area (Å²) in [5, 5.41) is 14.7. The van der Waals surface area contributed by atoms with Gasteiger partial charge in [0, 0.05) is 24.7 Å². The molecule has 0 saturated heterocycles. The molecule has 2 aromatic heterocycles. The summed E-state index contributed by atoms with van der Waals surface area (Å²) >= 11 is 7.63. The third kappa shape index (κ3) is 2.35. The number of hydrogen-bond acceptors (Lipinski definition) is 5. The van der Waals surface area contributed by atoms with Crippen LogP contribution in [0.2, 0.25) is 5.15 Å². The number of ether oxygens (including phenoxy) is 1. The lowest BCUT2D eigenvalue weighted by atomic mass is 10.2. The molecule has 96 valence electrons. The van der Waals surface area contributed by atoms with Crippen molar-refractivity contribution in [3.63, 3.8) is 0 Å². The molecule has 0 aliphatic rings. The van der Waals surface area contributed by atoms with Gasteiger partial charge < -0.3 is 4.74 Å². The Morgan fingerprint density at radius 3 is 3.17 bits per heavy atom. The van der Waals surface area contributed by atoms with Crippen molar-refractivity contribution in [3.8, 4) is 6.07 Å². The SMILES string of the molecule is COCCNC(C#N)c1c(Cl)nc2scc(C)n12. The number of aromatic nitrogens is 2. The maximum Gasteiger partial charge on any atom is 0.195 e. The monoisotopic (exact) mass is 284 g/mol. The summed E-state index contributed by atoms with van der Waals surface area (Å²) in [5.74, 6) is 0. The lowest BCUT2D eigenvalue weighted by Crippen LogP contribution is -2.25. The van der Waals surface area contributed by atoms with Crippen molar-refractivity contribution in [2.45, 2.75) is 13.0 Å². The number of nitrogens with one attached hydrogen (secondary N) is 1. The van der Waals surface area contributed by atoms with Gasteiger partial charge in [0.2, 0.25) is 0 Å². The molecule has 0 saturated carbocycles. The fourth-order valence-corrected chi connectivity index (χ4v) is 2.95. The molecular weight excluding hydrogens is 272 g/mol. The van der Waals surface area contributed by atoms with Crippen LogP contribution in [0.25, 0.3) is 4.96 Å². The van der Waals surface area contributed by atoms with Crippen LogP contribution < -0.4 is 5.32 Å². The van der Waals surface area contributed by atoms with Crippen LogP contribution in [-0.4, -0.2) is 29.6 Å². The third-order valence-electron chi connectivity index (χ3n) is 2.58. The van der Waals surface area contributed by atoms with Crippen molar-refractivity contribution in [3.05, 3.63) is 21.9 Å². The van der Waals surface area contributed by atoms with E-state index in [0.717, 1.165) is 10.7 Å². The zero-order valence-electron chi connectivity index (χ0n) is 10.1. The fourth-order valence-electron chi connectivity index (χ4n) is 1.75. The van der Waals surface area contributed by atoms with Crippen LogP contribution in [-0.2, 0) is 4.74 Å². The highest BCUT2D eigenvalue weighted by atomic mass is 35.5. The number of imidazole rings is 1. The highest BCUT2D eigenvalue weighted by Crippen LogP contribution is 2.28. The zero-order chi connectivity index (χ0) is 13.1. The summed E-state index contributed by atoms with van der Waals surface area (Å²) < 4.78 is 6.87. The smallest absolute Gasteiger partial charge is 0.195 e. The number of nitrogens with zero attached hydrogens (tertiary/aromatic N) is 3. The average molecular weight is 285 g/mol. The average Bonchev–Trinajstić information content (AvgIpc) is 2.86. The van der Waals surface area contributed by atoms with Gasteiger partial charge in [0.25, 0.3) is 0 Å². The summed E-state index contributed by atoms with van der Waals surface area (Å²) in [7, 11) is 1.62. The Kier molecular flexibility index (Phi) is 4.19. The second-order valence-corrected chi connectivity index (χ2v) is 4.99. The van der Waals surface area contributed by atoms with Crippen molar-refractivity contribution in [2.24, 2.45) is 0 Å². The van der Waals surface area contributed by atoms with E-state index in [-0.39, 0.29) is 0 Å². The number of rotatable bonds is 5. The van der Waals surface area contributed by atoms with Gasteiger partial charge in [-0.15, -0.1) is 11.3 Å². The molecule has 0 fully saturated rings. The normalized spacial score (nSPS) is 12.8. The molecule has 0 aromatic carbocycles. The Morgan fingerprint density at radius 1 is 1.72 bits per heavy atom. The lowest BCUT2D eigenvalue weighted by molar-refractivity contribution is 0.197. The maximum absolute atomic E-state index is 9.26. The van der Waals surface area contributed by atoms with Crippen molar-refractivity contribution in [2.75, 3.05) is 20.3 Å². The molecule has 7 heteroatoms. The van der Waals surface area contributed by atoms with Gasteiger partial charge in [-0.05, 0) is 6.92 Å². The summed E-state index contributed by atoms with van der Waals surface area (Å²) in [6.07, 6.45) is 0. The molecule has 1 unspecified atom stereocenters. The van der Waals surface area contributed by atoms with E-state index in [9.17, 15) is 5.26 Å². The molecule has 1 atom stereocenters. The molecule has 2 aromatic rings. The first-order valence-corrected chi connectivity index (χ1v) is 6.68. The predicted octanol–water partition coefficient (Wildman–Crippen LogP) is 2.16. The molecule has 0 aliphatic carbocycles. The van der Waals surface area contributed by atoms with E-state index < -0.39 is 6.04 Å². The number of aryl methyl sites for hydroxylation is 1. The van der Waals surface area contributed by atoms with Gasteiger partial charge in [-0.1, -0.05) is 11.6 Å². The Bertz CT molecular complexity index is 586. The van der Waals surface area contributed by atoms with Gasteiger partial charge in [0.05, 0.1) is 18.4 Å². The summed E-state index contributed by atoms with van der Waals surface area (Å²) in [4.78, 5) is 5.06. The topological polar surface area (TPSA) is 62.3 Å². The Balaban J connectivity index is 2.35.